The molecule has 2 heterocycles. The number of benzene rings is 4. The molecule has 0 bridgehead atoms. The Kier molecular flexibility index (Phi) is 5.66. The Labute approximate surface area is 222 Å². The van der Waals surface area contributed by atoms with Crippen LogP contribution in [0.4, 0.5) is 0 Å². The van der Waals surface area contributed by atoms with Crippen LogP contribution < -0.4 is 9.47 Å². The molecule has 2 aliphatic rings. The first kappa shape index (κ1) is 22.1. The van der Waals surface area contributed by atoms with E-state index in [0.717, 1.165) is 53.7 Å². The zero-order valence-electron chi connectivity index (χ0n) is 18.1. The molecule has 0 N–H and O–H groups in total. The number of nitrogens with zero attached hydrogens (tertiary/aromatic N) is 2. The van der Waals surface area contributed by atoms with E-state index in [-0.39, 0.29) is 12.3 Å². The summed E-state index contributed by atoms with van der Waals surface area (Å²) in [5.41, 5.74) is 4.31. The minimum Gasteiger partial charge on any atom is -0.496 e. The van der Waals surface area contributed by atoms with E-state index >= 15 is 0 Å². The molecule has 0 unspecified atom stereocenters. The second-order valence-corrected chi connectivity index (χ2v) is 11.0. The molecule has 4 nitrogen and oxygen atoms in total. The summed E-state index contributed by atoms with van der Waals surface area (Å²) < 4.78 is 14.8. The van der Waals surface area contributed by atoms with Gasteiger partial charge in [-0.05, 0) is 84.6 Å². The molecule has 7 heteroatoms. The third kappa shape index (κ3) is 3.74. The van der Waals surface area contributed by atoms with Gasteiger partial charge in [0.1, 0.15) is 11.5 Å². The van der Waals surface area contributed by atoms with Gasteiger partial charge in [-0.25, -0.2) is 5.01 Å². The summed E-state index contributed by atoms with van der Waals surface area (Å²) in [7, 11) is 1.67. The summed E-state index contributed by atoms with van der Waals surface area (Å²) in [6.45, 7) is 0. The highest BCUT2D eigenvalue weighted by molar-refractivity contribution is 9.11. The van der Waals surface area contributed by atoms with Crippen LogP contribution in [0.1, 0.15) is 35.4 Å². The highest BCUT2D eigenvalue weighted by Crippen LogP contribution is 2.51. The van der Waals surface area contributed by atoms with Crippen LogP contribution in [0.5, 0.6) is 11.5 Å². The van der Waals surface area contributed by atoms with Gasteiger partial charge < -0.3 is 9.47 Å². The van der Waals surface area contributed by atoms with E-state index in [9.17, 15) is 0 Å². The molecule has 0 spiro atoms. The number of hydrazone groups is 1. The molecule has 170 valence electrons. The van der Waals surface area contributed by atoms with Crippen molar-refractivity contribution in [1.82, 2.24) is 5.01 Å². The number of fused-ring (bicyclic) bond motifs is 4. The molecule has 34 heavy (non-hydrogen) atoms. The van der Waals surface area contributed by atoms with Crippen molar-refractivity contribution in [3.63, 3.8) is 0 Å². The molecule has 4 aromatic rings. The number of methoxy groups -OCH3 is 1. The van der Waals surface area contributed by atoms with E-state index in [1.54, 1.807) is 7.11 Å². The number of rotatable bonds is 3. The zero-order chi connectivity index (χ0) is 23.4. The standard InChI is InChI=1S/C27H19Br3N2O2/c1-33-25-9-8-18(11-21(25)29)27-32-24(20-12-19(28)13-22(30)26(20)34-27)14-23(31-32)17-7-6-15-4-2-3-5-16(15)10-17/h2-13,24,27H,14H2,1H3/t24-,27-/m1/s1. The van der Waals surface area contributed by atoms with Crippen LogP contribution in [0.3, 0.4) is 0 Å². The van der Waals surface area contributed by atoms with Gasteiger partial charge in [0.15, 0.2) is 0 Å². The van der Waals surface area contributed by atoms with Gasteiger partial charge in [-0.1, -0.05) is 52.3 Å². The van der Waals surface area contributed by atoms with Crippen molar-refractivity contribution in [3.05, 3.63) is 103 Å². The molecule has 6 rings (SSSR count). The van der Waals surface area contributed by atoms with Crippen molar-refractivity contribution in [2.75, 3.05) is 7.11 Å². The van der Waals surface area contributed by atoms with Crippen molar-refractivity contribution in [3.8, 4) is 11.5 Å². The van der Waals surface area contributed by atoms with Crippen LogP contribution in [-0.2, 0) is 0 Å². The lowest BCUT2D eigenvalue weighted by molar-refractivity contribution is -0.0197. The Bertz CT molecular complexity index is 1470. The lowest BCUT2D eigenvalue weighted by Crippen LogP contribution is -2.34. The highest BCUT2D eigenvalue weighted by atomic mass is 79.9. The van der Waals surface area contributed by atoms with E-state index in [1.165, 1.54) is 10.8 Å². The van der Waals surface area contributed by atoms with Crippen molar-refractivity contribution in [1.29, 1.82) is 0 Å². The molecule has 0 aromatic heterocycles. The van der Waals surface area contributed by atoms with Crippen LogP contribution in [0.2, 0.25) is 0 Å². The van der Waals surface area contributed by atoms with Gasteiger partial charge >= 0.3 is 0 Å². The summed E-state index contributed by atoms with van der Waals surface area (Å²) >= 11 is 11.0. The van der Waals surface area contributed by atoms with Crippen LogP contribution in [0, 0.1) is 0 Å². The summed E-state index contributed by atoms with van der Waals surface area (Å²) in [4.78, 5) is 0. The Morgan fingerprint density at radius 2 is 1.74 bits per heavy atom. The second-order valence-electron chi connectivity index (χ2n) is 8.38. The van der Waals surface area contributed by atoms with Crippen molar-refractivity contribution >= 4 is 64.3 Å². The second kappa shape index (κ2) is 8.70. The van der Waals surface area contributed by atoms with Crippen molar-refractivity contribution in [2.45, 2.75) is 18.7 Å². The molecule has 0 amide bonds. The van der Waals surface area contributed by atoms with Gasteiger partial charge in [-0.15, -0.1) is 0 Å². The summed E-state index contributed by atoms with van der Waals surface area (Å²) in [6, 6.07) is 25.2. The third-order valence-corrected chi connectivity index (χ3v) is 8.02. The zero-order valence-corrected chi connectivity index (χ0v) is 22.9. The fourth-order valence-corrected chi connectivity index (χ4v) is 6.62. The van der Waals surface area contributed by atoms with E-state index < -0.39 is 0 Å². The quantitative estimate of drug-likeness (QED) is 0.225. The average Bonchev–Trinajstić information content (AvgIpc) is 3.29. The first-order chi connectivity index (χ1) is 16.5. The summed E-state index contributed by atoms with van der Waals surface area (Å²) in [5, 5.41) is 9.66. The maximum atomic E-state index is 6.59. The van der Waals surface area contributed by atoms with E-state index in [1.807, 2.05) is 24.3 Å². The minimum atomic E-state index is -0.366. The maximum Gasteiger partial charge on any atom is 0.213 e. The molecule has 4 aromatic carbocycles. The molecule has 0 saturated carbocycles. The van der Waals surface area contributed by atoms with Crippen LogP contribution in [0.25, 0.3) is 10.8 Å². The summed E-state index contributed by atoms with van der Waals surface area (Å²) in [5.74, 6) is 1.64. The van der Waals surface area contributed by atoms with Gasteiger partial charge in [-0.3, -0.25) is 0 Å². The molecule has 0 radical (unpaired) electrons. The number of hydrogen-bond donors (Lipinski definition) is 0. The fourth-order valence-electron chi connectivity index (χ4n) is 4.71. The first-order valence-electron chi connectivity index (χ1n) is 10.9. The Hall–Kier alpha value is -2.35. The molecule has 2 aliphatic heterocycles. The van der Waals surface area contributed by atoms with Gasteiger partial charge in [0.25, 0.3) is 0 Å². The topological polar surface area (TPSA) is 34.1 Å². The average molecular weight is 643 g/mol. The molecule has 0 aliphatic carbocycles. The third-order valence-electron chi connectivity index (χ3n) is 6.35. The van der Waals surface area contributed by atoms with Crippen LogP contribution >= 0.6 is 47.8 Å². The predicted octanol–water partition coefficient (Wildman–Crippen LogP) is 8.38. The Morgan fingerprint density at radius 1 is 0.912 bits per heavy atom. The monoisotopic (exact) mass is 640 g/mol. The number of halogens is 3. The van der Waals surface area contributed by atoms with Gasteiger partial charge in [-0.2, -0.15) is 5.10 Å². The molecule has 0 fully saturated rings. The van der Waals surface area contributed by atoms with E-state index in [4.69, 9.17) is 14.6 Å². The van der Waals surface area contributed by atoms with Crippen LogP contribution in [-0.4, -0.2) is 17.8 Å². The lowest BCUT2D eigenvalue weighted by Gasteiger charge is -2.38. The van der Waals surface area contributed by atoms with Crippen LogP contribution in [0.15, 0.2) is 91.3 Å². The van der Waals surface area contributed by atoms with Gasteiger partial charge in [0, 0.05) is 22.0 Å². The predicted molar refractivity (Wildman–Crippen MR) is 146 cm³/mol. The van der Waals surface area contributed by atoms with E-state index in [0.29, 0.717) is 0 Å². The number of ether oxygens (including phenoxy) is 2. The molecule has 0 saturated heterocycles. The Balaban J connectivity index is 1.47. The minimum absolute atomic E-state index is 0.0601. The smallest absolute Gasteiger partial charge is 0.213 e. The highest BCUT2D eigenvalue weighted by Gasteiger charge is 2.42. The van der Waals surface area contributed by atoms with E-state index in [2.05, 4.69) is 101 Å². The molecular weight excluding hydrogens is 624 g/mol. The molecule has 2 atom stereocenters. The van der Waals surface area contributed by atoms with Gasteiger partial charge in [0.2, 0.25) is 6.23 Å². The first-order valence-corrected chi connectivity index (χ1v) is 13.2. The SMILES string of the molecule is COc1ccc([C@H]2Oc3c(Br)cc(Br)cc3[C@H]3CC(c4ccc5ccccc5c4)=NN32)cc1Br. The lowest BCUT2D eigenvalue weighted by atomic mass is 9.95. The largest absolute Gasteiger partial charge is 0.496 e. The van der Waals surface area contributed by atoms with Crippen molar-refractivity contribution in [2.24, 2.45) is 5.10 Å². The van der Waals surface area contributed by atoms with Gasteiger partial charge in [0.05, 0.1) is 27.8 Å². The van der Waals surface area contributed by atoms with Crippen molar-refractivity contribution < 1.29 is 9.47 Å². The Morgan fingerprint density at radius 3 is 2.53 bits per heavy atom. The summed E-state index contributed by atoms with van der Waals surface area (Å²) in [6.07, 6.45) is 0.431. The maximum absolute atomic E-state index is 6.59. The fraction of sp³-hybridized carbons (Fsp3) is 0.148. The molecular formula is C27H19Br3N2O2. The normalized spacial score (nSPS) is 18.8. The number of hydrogen-bond acceptors (Lipinski definition) is 4.